The van der Waals surface area contributed by atoms with Gasteiger partial charge in [0, 0.05) is 19.1 Å². The first-order chi connectivity index (χ1) is 9.74. The van der Waals surface area contributed by atoms with E-state index in [4.69, 9.17) is 0 Å². The summed E-state index contributed by atoms with van der Waals surface area (Å²) in [6.07, 6.45) is 15.7. The largest absolute Gasteiger partial charge is 0.313 e. The minimum absolute atomic E-state index is 0.569. The van der Waals surface area contributed by atoms with Crippen molar-refractivity contribution in [2.24, 2.45) is 5.41 Å². The SMILES string of the molecule is CCCCCN(C)CC1(CNC2CC2)CCCCCC1. The van der Waals surface area contributed by atoms with Crippen molar-refractivity contribution >= 4 is 0 Å². The molecule has 2 aliphatic carbocycles. The number of nitrogens with zero attached hydrogens (tertiary/aromatic N) is 1. The normalized spacial score (nSPS) is 22.9. The predicted octanol–water partition coefficient (Wildman–Crippen LogP) is 4.20. The van der Waals surface area contributed by atoms with Crippen molar-refractivity contribution in [2.75, 3.05) is 26.7 Å². The number of hydrogen-bond acceptors (Lipinski definition) is 2. The maximum atomic E-state index is 3.84. The predicted molar refractivity (Wildman–Crippen MR) is 88.2 cm³/mol. The molecule has 2 aliphatic rings. The Morgan fingerprint density at radius 3 is 2.35 bits per heavy atom. The van der Waals surface area contributed by atoms with E-state index in [0.717, 1.165) is 6.04 Å². The summed E-state index contributed by atoms with van der Waals surface area (Å²) in [7, 11) is 2.35. The number of rotatable bonds is 9. The lowest BCUT2D eigenvalue weighted by molar-refractivity contribution is 0.144. The van der Waals surface area contributed by atoms with Crippen LogP contribution in [0.15, 0.2) is 0 Å². The Kier molecular flexibility index (Phi) is 6.83. The number of hydrogen-bond donors (Lipinski definition) is 1. The van der Waals surface area contributed by atoms with Gasteiger partial charge in [0.15, 0.2) is 0 Å². The Balaban J connectivity index is 1.82. The second kappa shape index (κ2) is 8.38. The van der Waals surface area contributed by atoms with Crippen molar-refractivity contribution in [3.8, 4) is 0 Å². The van der Waals surface area contributed by atoms with Crippen LogP contribution in [0, 0.1) is 5.41 Å². The Bertz CT molecular complexity index is 252. The molecule has 2 fully saturated rings. The van der Waals surface area contributed by atoms with E-state index in [1.54, 1.807) is 0 Å². The third-order valence-electron chi connectivity index (χ3n) is 5.26. The van der Waals surface area contributed by atoms with Crippen molar-refractivity contribution in [3.05, 3.63) is 0 Å². The molecule has 0 aromatic heterocycles. The molecule has 0 spiro atoms. The zero-order chi connectivity index (χ0) is 14.3. The van der Waals surface area contributed by atoms with Gasteiger partial charge in [0.05, 0.1) is 0 Å². The van der Waals surface area contributed by atoms with Gasteiger partial charge in [-0.25, -0.2) is 0 Å². The molecule has 0 aliphatic heterocycles. The lowest BCUT2D eigenvalue weighted by Crippen LogP contribution is -2.43. The van der Waals surface area contributed by atoms with Gasteiger partial charge in [0.2, 0.25) is 0 Å². The average Bonchev–Trinajstić information content (AvgIpc) is 3.25. The zero-order valence-corrected chi connectivity index (χ0v) is 13.9. The molecule has 0 heterocycles. The Morgan fingerprint density at radius 1 is 1.05 bits per heavy atom. The van der Waals surface area contributed by atoms with E-state index in [9.17, 15) is 0 Å². The molecular formula is C18H36N2. The molecule has 0 radical (unpaired) electrons. The quantitative estimate of drug-likeness (QED) is 0.503. The first kappa shape index (κ1) is 16.3. The van der Waals surface area contributed by atoms with E-state index >= 15 is 0 Å². The Labute approximate surface area is 126 Å². The van der Waals surface area contributed by atoms with Crippen LogP contribution in [0.4, 0.5) is 0 Å². The summed E-state index contributed by atoms with van der Waals surface area (Å²) in [6, 6.07) is 0.862. The van der Waals surface area contributed by atoms with E-state index in [1.165, 1.54) is 90.3 Å². The average molecular weight is 280 g/mol. The van der Waals surface area contributed by atoms with E-state index in [-0.39, 0.29) is 0 Å². The highest BCUT2D eigenvalue weighted by Gasteiger charge is 2.34. The third-order valence-corrected chi connectivity index (χ3v) is 5.26. The van der Waals surface area contributed by atoms with Crippen LogP contribution in [0.2, 0.25) is 0 Å². The monoisotopic (exact) mass is 280 g/mol. The molecule has 0 atom stereocenters. The van der Waals surface area contributed by atoms with Crippen LogP contribution in [0.5, 0.6) is 0 Å². The number of unbranched alkanes of at least 4 members (excludes halogenated alkanes) is 2. The minimum atomic E-state index is 0.569. The van der Waals surface area contributed by atoms with Crippen molar-refractivity contribution in [1.29, 1.82) is 0 Å². The molecule has 0 saturated heterocycles. The summed E-state index contributed by atoms with van der Waals surface area (Å²) in [5.74, 6) is 0. The van der Waals surface area contributed by atoms with Crippen LogP contribution < -0.4 is 5.32 Å². The van der Waals surface area contributed by atoms with Gasteiger partial charge in [-0.05, 0) is 51.1 Å². The summed E-state index contributed by atoms with van der Waals surface area (Å²) in [6.45, 7) is 6.18. The van der Waals surface area contributed by atoms with E-state index < -0.39 is 0 Å². The lowest BCUT2D eigenvalue weighted by Gasteiger charge is -2.37. The maximum Gasteiger partial charge on any atom is 0.00684 e. The first-order valence-corrected chi connectivity index (χ1v) is 9.16. The molecule has 0 aromatic carbocycles. The van der Waals surface area contributed by atoms with Crippen molar-refractivity contribution in [1.82, 2.24) is 10.2 Å². The van der Waals surface area contributed by atoms with Crippen LogP contribution in [-0.4, -0.2) is 37.6 Å². The van der Waals surface area contributed by atoms with Gasteiger partial charge in [0.25, 0.3) is 0 Å². The van der Waals surface area contributed by atoms with Gasteiger partial charge in [-0.3, -0.25) is 0 Å². The van der Waals surface area contributed by atoms with E-state index in [0.29, 0.717) is 5.41 Å². The summed E-state index contributed by atoms with van der Waals surface area (Å²) in [5.41, 5.74) is 0.569. The van der Waals surface area contributed by atoms with Crippen LogP contribution in [-0.2, 0) is 0 Å². The van der Waals surface area contributed by atoms with Gasteiger partial charge in [-0.15, -0.1) is 0 Å². The molecule has 2 heteroatoms. The maximum absolute atomic E-state index is 3.84. The number of nitrogens with one attached hydrogen (secondary N) is 1. The highest BCUT2D eigenvalue weighted by molar-refractivity contribution is 4.90. The second-order valence-corrected chi connectivity index (χ2v) is 7.51. The summed E-state index contributed by atoms with van der Waals surface area (Å²) in [4.78, 5) is 2.62. The zero-order valence-electron chi connectivity index (χ0n) is 13.9. The molecule has 1 N–H and O–H groups in total. The summed E-state index contributed by atoms with van der Waals surface area (Å²) in [5, 5.41) is 3.84. The standard InChI is InChI=1S/C18H36N2/c1-3-4-9-14-20(2)16-18(15-19-17-10-11-17)12-7-5-6-8-13-18/h17,19H,3-16H2,1-2H3. The van der Waals surface area contributed by atoms with Crippen LogP contribution >= 0.6 is 0 Å². The van der Waals surface area contributed by atoms with Gasteiger partial charge in [0.1, 0.15) is 0 Å². The minimum Gasteiger partial charge on any atom is -0.313 e. The fourth-order valence-corrected chi connectivity index (χ4v) is 3.80. The van der Waals surface area contributed by atoms with Crippen molar-refractivity contribution in [3.63, 3.8) is 0 Å². The fraction of sp³-hybridized carbons (Fsp3) is 1.00. The van der Waals surface area contributed by atoms with E-state index in [2.05, 4.69) is 24.2 Å². The first-order valence-electron chi connectivity index (χ1n) is 9.16. The topological polar surface area (TPSA) is 15.3 Å². The van der Waals surface area contributed by atoms with Crippen molar-refractivity contribution in [2.45, 2.75) is 83.6 Å². The lowest BCUT2D eigenvalue weighted by atomic mass is 9.79. The summed E-state index contributed by atoms with van der Waals surface area (Å²) < 4.78 is 0. The molecule has 0 unspecified atom stereocenters. The van der Waals surface area contributed by atoms with Crippen LogP contribution in [0.25, 0.3) is 0 Å². The molecule has 0 amide bonds. The highest BCUT2D eigenvalue weighted by atomic mass is 15.1. The molecule has 2 nitrogen and oxygen atoms in total. The molecule has 20 heavy (non-hydrogen) atoms. The Morgan fingerprint density at radius 2 is 1.75 bits per heavy atom. The van der Waals surface area contributed by atoms with Crippen molar-refractivity contribution < 1.29 is 0 Å². The fourth-order valence-electron chi connectivity index (χ4n) is 3.80. The smallest absolute Gasteiger partial charge is 0.00684 e. The molecule has 0 aromatic rings. The van der Waals surface area contributed by atoms with Crippen LogP contribution in [0.1, 0.15) is 77.6 Å². The third kappa shape index (κ3) is 5.73. The second-order valence-electron chi connectivity index (χ2n) is 7.51. The molecule has 2 saturated carbocycles. The molecular weight excluding hydrogens is 244 g/mol. The highest BCUT2D eigenvalue weighted by Crippen LogP contribution is 2.36. The van der Waals surface area contributed by atoms with Gasteiger partial charge in [-0.2, -0.15) is 0 Å². The molecule has 2 rings (SSSR count). The van der Waals surface area contributed by atoms with E-state index in [1.807, 2.05) is 0 Å². The molecule has 118 valence electrons. The van der Waals surface area contributed by atoms with Gasteiger partial charge in [-0.1, -0.05) is 45.4 Å². The van der Waals surface area contributed by atoms with Gasteiger partial charge >= 0.3 is 0 Å². The molecule has 0 bridgehead atoms. The van der Waals surface area contributed by atoms with Gasteiger partial charge < -0.3 is 10.2 Å². The Hall–Kier alpha value is -0.0800. The summed E-state index contributed by atoms with van der Waals surface area (Å²) >= 11 is 0. The van der Waals surface area contributed by atoms with Crippen LogP contribution in [0.3, 0.4) is 0 Å².